The second-order valence-electron chi connectivity index (χ2n) is 7.16. The molecule has 0 saturated carbocycles. The number of rotatable bonds is 11. The lowest BCUT2D eigenvalue weighted by molar-refractivity contribution is -0.138. The van der Waals surface area contributed by atoms with Crippen molar-refractivity contribution >= 4 is 11.9 Å². The number of hydrogen-bond acceptors (Lipinski definition) is 4. The third-order valence-corrected chi connectivity index (χ3v) is 4.38. The van der Waals surface area contributed by atoms with Gasteiger partial charge in [0.25, 0.3) is 5.91 Å². The second-order valence-corrected chi connectivity index (χ2v) is 7.16. The largest absolute Gasteiger partial charge is 0.479 e. The summed E-state index contributed by atoms with van der Waals surface area (Å²) in [5.74, 6) is -1.00. The van der Waals surface area contributed by atoms with Crippen LogP contribution in [0.15, 0.2) is 0 Å². The quantitative estimate of drug-likeness (QED) is 0.345. The van der Waals surface area contributed by atoms with Crippen molar-refractivity contribution in [3.05, 3.63) is 0 Å². The van der Waals surface area contributed by atoms with Gasteiger partial charge in [-0.1, -0.05) is 40.0 Å². The molecule has 2 N–H and O–H groups in total. The summed E-state index contributed by atoms with van der Waals surface area (Å²) in [5, 5.41) is 11.9. The lowest BCUT2D eigenvalue weighted by atomic mass is 9.96. The molecule has 0 radical (unpaired) electrons. The maximum atomic E-state index is 12.3. The molecule has 23 heavy (non-hydrogen) atoms. The first-order chi connectivity index (χ1) is 10.7. The number of carbonyl (C=O) groups is 2. The van der Waals surface area contributed by atoms with Crippen molar-refractivity contribution in [2.24, 2.45) is 5.92 Å². The summed E-state index contributed by atoms with van der Waals surface area (Å²) in [7, 11) is 2.01. The van der Waals surface area contributed by atoms with Gasteiger partial charge in [-0.05, 0) is 32.7 Å². The number of nitrogens with one attached hydrogen (secondary N) is 1. The van der Waals surface area contributed by atoms with E-state index in [0.29, 0.717) is 5.92 Å². The number of amides is 1. The van der Waals surface area contributed by atoms with Gasteiger partial charge in [0.15, 0.2) is 12.2 Å². The number of carboxylic acids is 1. The van der Waals surface area contributed by atoms with Crippen molar-refractivity contribution in [3.8, 4) is 0 Å². The fourth-order valence-corrected chi connectivity index (χ4v) is 2.96. The van der Waals surface area contributed by atoms with Gasteiger partial charge in [-0.15, -0.1) is 0 Å². The zero-order chi connectivity index (χ0) is 17.6. The lowest BCUT2D eigenvalue weighted by Gasteiger charge is -2.41. The third-order valence-electron chi connectivity index (χ3n) is 4.38. The molecule has 3 atom stereocenters. The molecule has 6 nitrogen and oxygen atoms in total. The number of epoxide rings is 1. The Morgan fingerprint density at radius 1 is 1.26 bits per heavy atom. The highest BCUT2D eigenvalue weighted by molar-refractivity contribution is 5.92. The van der Waals surface area contributed by atoms with Crippen molar-refractivity contribution in [1.29, 1.82) is 0 Å². The summed E-state index contributed by atoms with van der Waals surface area (Å²) in [5.41, 5.74) is -0.494. The first-order valence-electron chi connectivity index (χ1n) is 8.62. The Bertz CT molecular complexity index is 413. The van der Waals surface area contributed by atoms with Crippen molar-refractivity contribution in [2.75, 3.05) is 13.6 Å². The number of nitrogens with zero attached hydrogens (tertiary/aromatic N) is 1. The predicted octanol–water partition coefficient (Wildman–Crippen LogP) is 2.23. The van der Waals surface area contributed by atoms with Crippen molar-refractivity contribution in [1.82, 2.24) is 10.2 Å². The van der Waals surface area contributed by atoms with Crippen LogP contribution in [0, 0.1) is 5.92 Å². The molecule has 1 aliphatic rings. The van der Waals surface area contributed by atoms with Crippen LogP contribution in [0.2, 0.25) is 0 Å². The molecule has 1 fully saturated rings. The molecule has 6 heteroatoms. The predicted molar refractivity (Wildman–Crippen MR) is 89.1 cm³/mol. The zero-order valence-corrected chi connectivity index (χ0v) is 15.1. The maximum absolute atomic E-state index is 12.3. The Morgan fingerprint density at radius 2 is 1.91 bits per heavy atom. The Kier molecular flexibility index (Phi) is 7.48. The van der Waals surface area contributed by atoms with Gasteiger partial charge < -0.3 is 15.2 Å². The number of aliphatic carboxylic acids is 1. The van der Waals surface area contributed by atoms with Crippen LogP contribution in [0.1, 0.15) is 59.8 Å². The number of unbranched alkanes of at least 4 members (excludes halogenated alkanes) is 3. The van der Waals surface area contributed by atoms with Gasteiger partial charge in [-0.3, -0.25) is 9.69 Å². The molecule has 1 heterocycles. The molecular weight excluding hydrogens is 296 g/mol. The van der Waals surface area contributed by atoms with E-state index in [0.717, 1.165) is 19.4 Å². The fourth-order valence-electron chi connectivity index (χ4n) is 2.96. The van der Waals surface area contributed by atoms with Crippen LogP contribution in [0.3, 0.4) is 0 Å². The number of hydrogen-bond donors (Lipinski definition) is 2. The number of carbonyl (C=O) groups excluding carboxylic acids is 1. The zero-order valence-electron chi connectivity index (χ0n) is 15.1. The molecule has 0 spiro atoms. The van der Waals surface area contributed by atoms with E-state index in [2.05, 4.69) is 31.0 Å². The molecule has 0 unspecified atom stereocenters. The first-order valence-corrected chi connectivity index (χ1v) is 8.62. The molecule has 0 bridgehead atoms. The summed E-state index contributed by atoms with van der Waals surface area (Å²) in [6.07, 6.45) is 3.63. The number of ether oxygens (including phenoxy) is 1. The van der Waals surface area contributed by atoms with Gasteiger partial charge in [0.1, 0.15) is 0 Å². The van der Waals surface area contributed by atoms with Gasteiger partial charge in [0, 0.05) is 6.54 Å². The van der Waals surface area contributed by atoms with Crippen LogP contribution < -0.4 is 5.32 Å². The van der Waals surface area contributed by atoms with E-state index in [1.807, 2.05) is 14.0 Å². The Hall–Kier alpha value is -1.14. The number of carboxylic acid groups (broad SMARTS) is 1. The maximum Gasteiger partial charge on any atom is 0.336 e. The molecular formula is C17H32N2O4. The van der Waals surface area contributed by atoms with Crippen LogP contribution >= 0.6 is 0 Å². The highest BCUT2D eigenvalue weighted by atomic mass is 16.6. The Labute approximate surface area is 139 Å². The van der Waals surface area contributed by atoms with Crippen LogP contribution in [0.4, 0.5) is 0 Å². The molecule has 0 aromatic heterocycles. The van der Waals surface area contributed by atoms with Gasteiger partial charge in [0.05, 0.1) is 5.66 Å². The van der Waals surface area contributed by atoms with Gasteiger partial charge in [0.2, 0.25) is 0 Å². The van der Waals surface area contributed by atoms with E-state index in [4.69, 9.17) is 9.84 Å². The standard InChI is InChI=1S/C17H32N2O4/c1-6-7-8-9-10-19(5)17(4,11-12(2)3)18-15(20)13-14(23-13)16(21)22/h12-14H,6-11H2,1-5H3,(H,18,20)(H,21,22)/t13-,14-,17-/m0/s1. The van der Waals surface area contributed by atoms with Crippen molar-refractivity contribution < 1.29 is 19.4 Å². The second kappa shape index (κ2) is 8.64. The Morgan fingerprint density at radius 3 is 2.39 bits per heavy atom. The monoisotopic (exact) mass is 328 g/mol. The van der Waals surface area contributed by atoms with E-state index >= 15 is 0 Å². The molecule has 0 aromatic carbocycles. The fraction of sp³-hybridized carbons (Fsp3) is 0.882. The van der Waals surface area contributed by atoms with E-state index in [1.54, 1.807) is 0 Å². The normalized spacial score (nSPS) is 22.9. The van der Waals surface area contributed by atoms with E-state index < -0.39 is 23.8 Å². The molecule has 134 valence electrons. The minimum atomic E-state index is -1.08. The molecule has 0 aliphatic carbocycles. The molecule has 1 amide bonds. The molecule has 0 aromatic rings. The summed E-state index contributed by atoms with van der Waals surface area (Å²) < 4.78 is 4.95. The van der Waals surface area contributed by atoms with E-state index in [1.165, 1.54) is 19.3 Å². The molecule has 1 aliphatic heterocycles. The SMILES string of the molecule is CCCCCCN(C)[C@@](C)(CC(C)C)NC(=O)[C@H]1O[C@@H]1C(=O)O. The summed E-state index contributed by atoms with van der Waals surface area (Å²) in [6, 6.07) is 0. The Balaban J connectivity index is 2.62. The van der Waals surface area contributed by atoms with Crippen LogP contribution in [0.5, 0.6) is 0 Å². The minimum Gasteiger partial charge on any atom is -0.479 e. The van der Waals surface area contributed by atoms with Crippen molar-refractivity contribution in [2.45, 2.75) is 77.7 Å². The summed E-state index contributed by atoms with van der Waals surface area (Å²) >= 11 is 0. The highest BCUT2D eigenvalue weighted by Gasteiger charge is 2.52. The van der Waals surface area contributed by atoms with Gasteiger partial charge in [-0.2, -0.15) is 0 Å². The minimum absolute atomic E-state index is 0.332. The lowest BCUT2D eigenvalue weighted by Crippen LogP contribution is -2.59. The molecule has 1 rings (SSSR count). The van der Waals surface area contributed by atoms with Crippen molar-refractivity contribution in [3.63, 3.8) is 0 Å². The first kappa shape index (κ1) is 19.9. The average molecular weight is 328 g/mol. The van der Waals surface area contributed by atoms with Gasteiger partial charge in [-0.25, -0.2) is 4.79 Å². The smallest absolute Gasteiger partial charge is 0.336 e. The average Bonchev–Trinajstić information content (AvgIpc) is 3.22. The summed E-state index contributed by atoms with van der Waals surface area (Å²) in [6.45, 7) is 9.31. The van der Waals surface area contributed by atoms with Crippen LogP contribution in [-0.4, -0.2) is 53.3 Å². The third kappa shape index (κ3) is 6.11. The summed E-state index contributed by atoms with van der Waals surface area (Å²) in [4.78, 5) is 25.3. The molecule has 1 saturated heterocycles. The topological polar surface area (TPSA) is 82.2 Å². The van der Waals surface area contributed by atoms with Crippen LogP contribution in [0.25, 0.3) is 0 Å². The van der Waals surface area contributed by atoms with Crippen LogP contribution in [-0.2, 0) is 14.3 Å². The highest BCUT2D eigenvalue weighted by Crippen LogP contribution is 2.26. The van der Waals surface area contributed by atoms with Gasteiger partial charge >= 0.3 is 5.97 Å². The van der Waals surface area contributed by atoms with E-state index in [9.17, 15) is 9.59 Å². The van der Waals surface area contributed by atoms with E-state index in [-0.39, 0.29) is 5.91 Å².